The molecular formula is C38H26S2. The van der Waals surface area contributed by atoms with E-state index in [1.165, 1.54) is 75.2 Å². The lowest BCUT2D eigenvalue weighted by Gasteiger charge is -2.19. The van der Waals surface area contributed by atoms with Gasteiger partial charge in [-0.15, -0.1) is 23.1 Å². The van der Waals surface area contributed by atoms with Crippen LogP contribution in [0.2, 0.25) is 0 Å². The van der Waals surface area contributed by atoms with Crippen molar-refractivity contribution in [1.82, 2.24) is 0 Å². The smallest absolute Gasteiger partial charge is 0.0430 e. The van der Waals surface area contributed by atoms with Crippen molar-refractivity contribution in [2.75, 3.05) is 0 Å². The zero-order valence-corrected chi connectivity index (χ0v) is 23.6. The molecule has 0 amide bonds. The molecule has 0 bridgehead atoms. The molecule has 9 rings (SSSR count). The van der Waals surface area contributed by atoms with E-state index in [-0.39, 0.29) is 0 Å². The Labute approximate surface area is 242 Å². The first kappa shape index (κ1) is 22.9. The van der Waals surface area contributed by atoms with Gasteiger partial charge in [-0.1, -0.05) is 109 Å². The largest absolute Gasteiger partial charge is 0.135 e. The normalized spacial score (nSPS) is 17.4. The van der Waals surface area contributed by atoms with Gasteiger partial charge in [-0.3, -0.25) is 0 Å². The van der Waals surface area contributed by atoms with E-state index in [2.05, 4.69) is 133 Å². The molecule has 2 heterocycles. The molecule has 6 aromatic rings. The van der Waals surface area contributed by atoms with Gasteiger partial charge in [0.1, 0.15) is 0 Å². The van der Waals surface area contributed by atoms with Crippen molar-refractivity contribution in [1.29, 1.82) is 0 Å². The number of hydrogen-bond donors (Lipinski definition) is 0. The van der Waals surface area contributed by atoms with E-state index in [0.717, 1.165) is 12.8 Å². The van der Waals surface area contributed by atoms with Crippen LogP contribution in [0.25, 0.3) is 42.4 Å². The van der Waals surface area contributed by atoms with E-state index in [1.807, 2.05) is 11.3 Å². The lowest BCUT2D eigenvalue weighted by atomic mass is 9.87. The van der Waals surface area contributed by atoms with E-state index in [1.54, 1.807) is 0 Å². The van der Waals surface area contributed by atoms with Crippen molar-refractivity contribution in [2.45, 2.75) is 28.9 Å². The van der Waals surface area contributed by atoms with Crippen molar-refractivity contribution in [3.63, 3.8) is 0 Å². The molecule has 0 saturated carbocycles. The highest BCUT2D eigenvalue weighted by Crippen LogP contribution is 2.52. The lowest BCUT2D eigenvalue weighted by molar-refractivity contribution is 0.825. The van der Waals surface area contributed by atoms with Crippen LogP contribution in [0.1, 0.15) is 40.2 Å². The van der Waals surface area contributed by atoms with Crippen molar-refractivity contribution in [2.24, 2.45) is 0 Å². The molecule has 0 fully saturated rings. The third-order valence-electron chi connectivity index (χ3n) is 9.00. The van der Waals surface area contributed by atoms with E-state index < -0.39 is 0 Å². The van der Waals surface area contributed by atoms with Crippen LogP contribution >= 0.6 is 23.1 Å². The summed E-state index contributed by atoms with van der Waals surface area (Å²) >= 11 is 4.00. The van der Waals surface area contributed by atoms with Gasteiger partial charge in [-0.2, -0.15) is 0 Å². The minimum Gasteiger partial charge on any atom is -0.135 e. The number of thiophene rings is 1. The number of benzene rings is 5. The first-order valence-electron chi connectivity index (χ1n) is 14.1. The fraction of sp³-hybridized carbons (Fsp3) is 0.105. The molecule has 0 saturated heterocycles. The molecule has 1 aliphatic heterocycles. The quantitative estimate of drug-likeness (QED) is 0.213. The van der Waals surface area contributed by atoms with Gasteiger partial charge in [0.05, 0.1) is 0 Å². The summed E-state index contributed by atoms with van der Waals surface area (Å²) in [7, 11) is 0. The third-order valence-corrected chi connectivity index (χ3v) is 11.5. The maximum absolute atomic E-state index is 2.48. The van der Waals surface area contributed by atoms with E-state index >= 15 is 0 Å². The lowest BCUT2D eigenvalue weighted by Crippen LogP contribution is -2.05. The highest BCUT2D eigenvalue weighted by molar-refractivity contribution is 8.00. The van der Waals surface area contributed by atoms with Crippen molar-refractivity contribution < 1.29 is 0 Å². The molecule has 0 nitrogen and oxygen atoms in total. The maximum Gasteiger partial charge on any atom is 0.0430 e. The molecule has 190 valence electrons. The Morgan fingerprint density at radius 2 is 1.35 bits per heavy atom. The predicted molar refractivity (Wildman–Crippen MR) is 173 cm³/mol. The van der Waals surface area contributed by atoms with E-state index in [4.69, 9.17) is 0 Å². The van der Waals surface area contributed by atoms with E-state index in [9.17, 15) is 0 Å². The molecule has 5 aromatic carbocycles. The monoisotopic (exact) mass is 546 g/mol. The fourth-order valence-electron chi connectivity index (χ4n) is 7.14. The van der Waals surface area contributed by atoms with Crippen LogP contribution in [0.3, 0.4) is 0 Å². The van der Waals surface area contributed by atoms with Crippen LogP contribution in [-0.4, -0.2) is 5.25 Å². The number of hydrogen-bond acceptors (Lipinski definition) is 2. The van der Waals surface area contributed by atoms with Crippen LogP contribution in [0, 0.1) is 0 Å². The molecule has 0 radical (unpaired) electrons. The molecule has 2 heteroatoms. The molecule has 40 heavy (non-hydrogen) atoms. The van der Waals surface area contributed by atoms with Gasteiger partial charge in [0.25, 0.3) is 0 Å². The van der Waals surface area contributed by atoms with Crippen molar-refractivity contribution in [3.8, 4) is 11.1 Å². The first-order valence-corrected chi connectivity index (χ1v) is 15.8. The van der Waals surface area contributed by atoms with Gasteiger partial charge in [0, 0.05) is 36.2 Å². The Bertz CT molecular complexity index is 2010. The standard InChI is InChI=1S/C38H26S2/c1-3-10-28-26(8-1)27-9-2-4-11-29(27)34(28)20-23-16-18-31-32-19-17-24(22-37(32)39-36(31)21-23)25-13-7-14-33-30-12-5-6-15-35(30)40-38(25)33/h1-19,21,34,37H,20,22H2. The number of fused-ring (bicyclic) bond motifs is 9. The van der Waals surface area contributed by atoms with Crippen LogP contribution < -0.4 is 0 Å². The van der Waals surface area contributed by atoms with Gasteiger partial charge >= 0.3 is 0 Å². The van der Waals surface area contributed by atoms with Crippen LogP contribution in [0.5, 0.6) is 0 Å². The Hall–Kier alpha value is -3.85. The highest BCUT2D eigenvalue weighted by atomic mass is 32.2. The minimum atomic E-state index is 0.424. The Balaban J connectivity index is 1.04. The molecule has 1 unspecified atom stereocenters. The molecular weight excluding hydrogens is 521 g/mol. The van der Waals surface area contributed by atoms with Crippen molar-refractivity contribution in [3.05, 3.63) is 149 Å². The number of allylic oxidation sites excluding steroid dienone is 3. The third kappa shape index (κ3) is 3.39. The molecule has 3 aliphatic rings. The molecule has 0 N–H and O–H groups in total. The summed E-state index contributed by atoms with van der Waals surface area (Å²) in [5.41, 5.74) is 13.0. The van der Waals surface area contributed by atoms with E-state index in [0.29, 0.717) is 11.2 Å². The van der Waals surface area contributed by atoms with Gasteiger partial charge in [-0.25, -0.2) is 0 Å². The summed E-state index contributed by atoms with van der Waals surface area (Å²) in [5, 5.41) is 3.25. The Morgan fingerprint density at radius 3 is 2.20 bits per heavy atom. The molecule has 2 aliphatic carbocycles. The second-order valence-electron chi connectivity index (χ2n) is 11.2. The summed E-state index contributed by atoms with van der Waals surface area (Å²) in [6.45, 7) is 0. The average molecular weight is 547 g/mol. The summed E-state index contributed by atoms with van der Waals surface area (Å²) < 4.78 is 2.80. The summed E-state index contributed by atoms with van der Waals surface area (Å²) in [4.78, 5) is 1.45. The zero-order valence-electron chi connectivity index (χ0n) is 21.9. The van der Waals surface area contributed by atoms with Gasteiger partial charge < -0.3 is 0 Å². The second kappa shape index (κ2) is 8.83. The van der Waals surface area contributed by atoms with Crippen LogP contribution in [0.15, 0.2) is 126 Å². The van der Waals surface area contributed by atoms with Gasteiger partial charge in [-0.05, 0) is 75.1 Å². The average Bonchev–Trinajstić information content (AvgIpc) is 3.66. The van der Waals surface area contributed by atoms with Crippen LogP contribution in [0.4, 0.5) is 0 Å². The summed E-state index contributed by atoms with van der Waals surface area (Å²) in [5.74, 6) is 0.424. The summed E-state index contributed by atoms with van der Waals surface area (Å²) in [6, 6.07) is 40.9. The number of thioether (sulfide) groups is 1. The number of rotatable bonds is 3. The Morgan fingerprint density at radius 1 is 0.625 bits per heavy atom. The maximum atomic E-state index is 2.48. The van der Waals surface area contributed by atoms with Crippen LogP contribution in [-0.2, 0) is 6.42 Å². The Kier molecular flexibility index (Phi) is 5.06. The molecule has 1 atom stereocenters. The predicted octanol–water partition coefficient (Wildman–Crippen LogP) is 10.8. The summed E-state index contributed by atoms with van der Waals surface area (Å²) in [6.07, 6.45) is 6.92. The SMILES string of the molecule is C1=C(c2cccc3c2sc2ccccc23)CC2Sc3cc(CC4c5ccccc5-c5ccccc54)ccc3C2=C1. The highest BCUT2D eigenvalue weighted by Gasteiger charge is 2.32. The van der Waals surface area contributed by atoms with Gasteiger partial charge in [0.2, 0.25) is 0 Å². The topological polar surface area (TPSA) is 0 Å². The second-order valence-corrected chi connectivity index (χ2v) is 13.5. The fourth-order valence-corrected chi connectivity index (χ4v) is 9.83. The minimum absolute atomic E-state index is 0.424. The molecule has 0 spiro atoms. The zero-order chi connectivity index (χ0) is 26.2. The first-order chi connectivity index (χ1) is 19.8. The molecule has 1 aromatic heterocycles. The van der Waals surface area contributed by atoms with Crippen molar-refractivity contribution >= 4 is 54.4 Å². The van der Waals surface area contributed by atoms with Gasteiger partial charge in [0.15, 0.2) is 0 Å².